The molecule has 2 aromatic rings. The number of anilines is 2. The second-order valence-corrected chi connectivity index (χ2v) is 7.08. The van der Waals surface area contributed by atoms with Crippen LogP contribution < -0.4 is 20.1 Å². The summed E-state index contributed by atoms with van der Waals surface area (Å²) in [5.41, 5.74) is 2.12. The predicted octanol–water partition coefficient (Wildman–Crippen LogP) is 4.05. The summed E-state index contributed by atoms with van der Waals surface area (Å²) in [6.07, 6.45) is 8.66. The molecule has 0 unspecified atom stereocenters. The number of ether oxygens (including phenoxy) is 2. The lowest BCUT2D eigenvalue weighted by atomic mass is 10.1. The minimum Gasteiger partial charge on any atom is -0.486 e. The van der Waals surface area contributed by atoms with Gasteiger partial charge >= 0.3 is 0 Å². The van der Waals surface area contributed by atoms with Gasteiger partial charge in [-0.3, -0.25) is 9.78 Å². The van der Waals surface area contributed by atoms with E-state index in [1.165, 1.54) is 25.7 Å². The van der Waals surface area contributed by atoms with E-state index in [0.717, 1.165) is 35.7 Å². The minimum atomic E-state index is -0.104. The quantitative estimate of drug-likeness (QED) is 0.798. The van der Waals surface area contributed by atoms with Gasteiger partial charge in [-0.25, -0.2) is 0 Å². The molecular weight excluding hydrogens is 342 g/mol. The molecule has 0 spiro atoms. The molecule has 6 heteroatoms. The zero-order valence-corrected chi connectivity index (χ0v) is 15.4. The molecule has 0 saturated heterocycles. The van der Waals surface area contributed by atoms with Gasteiger partial charge in [-0.1, -0.05) is 25.7 Å². The average molecular weight is 367 g/mol. The van der Waals surface area contributed by atoms with Gasteiger partial charge in [0, 0.05) is 29.7 Å². The molecule has 0 atom stereocenters. The smallest absolute Gasteiger partial charge is 0.270 e. The maximum Gasteiger partial charge on any atom is 0.270 e. The van der Waals surface area contributed by atoms with Crippen LogP contribution in [0.1, 0.15) is 49.0 Å². The number of carbonyl (C=O) groups is 1. The third-order valence-corrected chi connectivity index (χ3v) is 5.01. The Balaban J connectivity index is 1.43. The van der Waals surface area contributed by atoms with Crippen molar-refractivity contribution in [2.24, 2.45) is 0 Å². The summed E-state index contributed by atoms with van der Waals surface area (Å²) in [6.45, 7) is 1.13. The molecule has 2 aliphatic rings. The molecule has 2 N–H and O–H groups in total. The molecule has 1 aromatic heterocycles. The highest BCUT2D eigenvalue weighted by atomic mass is 16.6. The number of rotatable bonds is 4. The minimum absolute atomic E-state index is 0.104. The largest absolute Gasteiger partial charge is 0.486 e. The Morgan fingerprint density at radius 2 is 1.67 bits per heavy atom. The van der Waals surface area contributed by atoms with Gasteiger partial charge in [0.05, 0.1) is 0 Å². The zero-order chi connectivity index (χ0) is 18.5. The van der Waals surface area contributed by atoms with Crippen molar-refractivity contribution in [2.75, 3.05) is 18.5 Å². The predicted molar refractivity (Wildman–Crippen MR) is 104 cm³/mol. The SMILES string of the molecule is O=C(NC1CCCCCC1)c1cc(Nc2ccc3c(c2)OCCO3)ccn1. The molecule has 0 bridgehead atoms. The van der Waals surface area contributed by atoms with Crippen LogP contribution in [-0.2, 0) is 0 Å². The van der Waals surface area contributed by atoms with Crippen molar-refractivity contribution < 1.29 is 14.3 Å². The fourth-order valence-corrected chi connectivity index (χ4v) is 3.60. The summed E-state index contributed by atoms with van der Waals surface area (Å²) in [7, 11) is 0. The number of amides is 1. The first-order chi connectivity index (χ1) is 13.3. The van der Waals surface area contributed by atoms with Crippen LogP contribution in [-0.4, -0.2) is 30.1 Å². The molecule has 1 aromatic carbocycles. The Hall–Kier alpha value is -2.76. The molecule has 1 fully saturated rings. The topological polar surface area (TPSA) is 72.5 Å². The van der Waals surface area contributed by atoms with Crippen LogP contribution in [0.5, 0.6) is 11.5 Å². The zero-order valence-electron chi connectivity index (χ0n) is 15.4. The summed E-state index contributed by atoms with van der Waals surface area (Å²) >= 11 is 0. The molecule has 2 heterocycles. The van der Waals surface area contributed by atoms with Crippen molar-refractivity contribution >= 4 is 17.3 Å². The summed E-state index contributed by atoms with van der Waals surface area (Å²) < 4.78 is 11.2. The first kappa shape index (κ1) is 17.6. The third kappa shape index (κ3) is 4.51. The third-order valence-electron chi connectivity index (χ3n) is 5.01. The van der Waals surface area contributed by atoms with E-state index in [0.29, 0.717) is 18.9 Å². The molecule has 1 aliphatic heterocycles. The standard InChI is InChI=1S/C21H25N3O3/c25-21(24-15-5-3-1-2-4-6-15)18-13-17(9-10-22-18)23-16-7-8-19-20(14-16)27-12-11-26-19/h7-10,13-15H,1-6,11-12H2,(H,22,23)(H,24,25). The molecule has 0 radical (unpaired) electrons. The van der Waals surface area contributed by atoms with Gasteiger partial charge in [0.2, 0.25) is 0 Å². The van der Waals surface area contributed by atoms with E-state index in [1.54, 1.807) is 12.3 Å². The van der Waals surface area contributed by atoms with E-state index >= 15 is 0 Å². The van der Waals surface area contributed by atoms with E-state index in [4.69, 9.17) is 9.47 Å². The Labute approximate surface area is 159 Å². The van der Waals surface area contributed by atoms with Crippen molar-refractivity contribution in [3.63, 3.8) is 0 Å². The second kappa shape index (κ2) is 8.29. The lowest BCUT2D eigenvalue weighted by Crippen LogP contribution is -2.34. The Kier molecular flexibility index (Phi) is 5.42. The van der Waals surface area contributed by atoms with Crippen molar-refractivity contribution in [3.05, 3.63) is 42.2 Å². The van der Waals surface area contributed by atoms with Gasteiger partial charge in [0.1, 0.15) is 18.9 Å². The molecular formula is C21H25N3O3. The Morgan fingerprint density at radius 1 is 0.926 bits per heavy atom. The first-order valence-electron chi connectivity index (χ1n) is 9.71. The van der Waals surface area contributed by atoms with Gasteiger partial charge in [-0.05, 0) is 37.1 Å². The van der Waals surface area contributed by atoms with E-state index in [-0.39, 0.29) is 11.9 Å². The summed E-state index contributed by atoms with van der Waals surface area (Å²) in [5.74, 6) is 1.38. The second-order valence-electron chi connectivity index (χ2n) is 7.08. The number of pyridine rings is 1. The average Bonchev–Trinajstić information content (AvgIpc) is 2.97. The van der Waals surface area contributed by atoms with Gasteiger partial charge in [0.15, 0.2) is 11.5 Å². The number of hydrogen-bond donors (Lipinski definition) is 2. The van der Waals surface area contributed by atoms with Crippen molar-refractivity contribution in [1.29, 1.82) is 0 Å². The van der Waals surface area contributed by atoms with Gasteiger partial charge in [-0.15, -0.1) is 0 Å². The summed E-state index contributed by atoms with van der Waals surface area (Å²) in [5, 5.41) is 6.45. The van der Waals surface area contributed by atoms with Crippen molar-refractivity contribution in [2.45, 2.75) is 44.6 Å². The number of carbonyl (C=O) groups excluding carboxylic acids is 1. The first-order valence-corrected chi connectivity index (χ1v) is 9.71. The van der Waals surface area contributed by atoms with Crippen molar-refractivity contribution in [1.82, 2.24) is 10.3 Å². The van der Waals surface area contributed by atoms with Gasteiger partial charge < -0.3 is 20.1 Å². The maximum absolute atomic E-state index is 12.6. The number of nitrogens with zero attached hydrogens (tertiary/aromatic N) is 1. The number of benzene rings is 1. The van der Waals surface area contributed by atoms with Crippen LogP contribution in [0, 0.1) is 0 Å². The summed E-state index contributed by atoms with van der Waals surface area (Å²) in [6, 6.07) is 9.61. The number of aromatic nitrogens is 1. The van der Waals surface area contributed by atoms with Gasteiger partial charge in [-0.2, -0.15) is 0 Å². The number of hydrogen-bond acceptors (Lipinski definition) is 5. The van der Waals surface area contributed by atoms with Gasteiger partial charge in [0.25, 0.3) is 5.91 Å². The normalized spacial score (nSPS) is 17.0. The van der Waals surface area contributed by atoms with Crippen LogP contribution in [0.2, 0.25) is 0 Å². The Morgan fingerprint density at radius 3 is 2.48 bits per heavy atom. The fraction of sp³-hybridized carbons (Fsp3) is 0.429. The molecule has 6 nitrogen and oxygen atoms in total. The van der Waals surface area contributed by atoms with Crippen LogP contribution in [0.25, 0.3) is 0 Å². The molecule has 142 valence electrons. The molecule has 1 saturated carbocycles. The molecule has 27 heavy (non-hydrogen) atoms. The highest BCUT2D eigenvalue weighted by molar-refractivity contribution is 5.93. The molecule has 1 aliphatic carbocycles. The Bertz CT molecular complexity index is 801. The van der Waals surface area contributed by atoms with E-state index < -0.39 is 0 Å². The van der Waals surface area contributed by atoms with E-state index in [1.807, 2.05) is 24.3 Å². The van der Waals surface area contributed by atoms with Crippen LogP contribution >= 0.6 is 0 Å². The van der Waals surface area contributed by atoms with Crippen molar-refractivity contribution in [3.8, 4) is 11.5 Å². The molecule has 4 rings (SSSR count). The maximum atomic E-state index is 12.6. The highest BCUT2D eigenvalue weighted by Gasteiger charge is 2.17. The highest BCUT2D eigenvalue weighted by Crippen LogP contribution is 2.33. The van der Waals surface area contributed by atoms with Crippen LogP contribution in [0.3, 0.4) is 0 Å². The van der Waals surface area contributed by atoms with Crippen LogP contribution in [0.4, 0.5) is 11.4 Å². The number of fused-ring (bicyclic) bond motifs is 1. The van der Waals surface area contributed by atoms with Crippen LogP contribution in [0.15, 0.2) is 36.5 Å². The number of nitrogens with one attached hydrogen (secondary N) is 2. The van der Waals surface area contributed by atoms with E-state index in [9.17, 15) is 4.79 Å². The fourth-order valence-electron chi connectivity index (χ4n) is 3.60. The molecule has 1 amide bonds. The lowest BCUT2D eigenvalue weighted by Gasteiger charge is -2.19. The van der Waals surface area contributed by atoms with E-state index in [2.05, 4.69) is 15.6 Å². The monoisotopic (exact) mass is 367 g/mol. The lowest BCUT2D eigenvalue weighted by molar-refractivity contribution is 0.0928. The summed E-state index contributed by atoms with van der Waals surface area (Å²) in [4.78, 5) is 16.8.